The lowest BCUT2D eigenvalue weighted by atomic mass is 9.35. The second kappa shape index (κ2) is 15.2. The number of aryl methyl sites for hydroxylation is 2. The first kappa shape index (κ1) is 43.5. The third-order valence-corrected chi connectivity index (χ3v) is 16.4. The molecule has 5 heteroatoms. The lowest BCUT2D eigenvalue weighted by molar-refractivity contribution is 0.332. The summed E-state index contributed by atoms with van der Waals surface area (Å²) < 4.78 is 2.75. The fourth-order valence-electron chi connectivity index (χ4n) is 11.3. The number of thiophene rings is 1. The summed E-state index contributed by atoms with van der Waals surface area (Å²) >= 11 is 2.00. The van der Waals surface area contributed by atoms with Crippen molar-refractivity contribution >= 4 is 95.0 Å². The summed E-state index contributed by atoms with van der Waals surface area (Å²) in [5.74, 6) is 0. The molecule has 1 aliphatic carbocycles. The Balaban J connectivity index is 1.32. The topological polar surface area (TPSA) is 9.72 Å². The monoisotopic (exact) mass is 893 g/mol. The molecule has 2 aliphatic heterocycles. The van der Waals surface area contributed by atoms with Crippen LogP contribution in [0.5, 0.6) is 0 Å². The van der Waals surface area contributed by atoms with Crippen molar-refractivity contribution in [2.45, 2.75) is 118 Å². The minimum atomic E-state index is -0.0391. The van der Waals surface area contributed by atoms with Gasteiger partial charge < -0.3 is 14.7 Å². The lowest BCUT2D eigenvalue weighted by Gasteiger charge is -2.47. The molecule has 336 valence electrons. The summed E-state index contributed by atoms with van der Waals surface area (Å²) in [6.07, 6.45) is 2.32. The van der Waals surface area contributed by atoms with Crippen LogP contribution in [0.4, 0.5) is 51.2 Å². The molecule has 0 amide bonds. The maximum atomic E-state index is 2.68. The molecule has 11 rings (SSSR count). The van der Waals surface area contributed by atoms with E-state index in [0.29, 0.717) is 0 Å². The van der Waals surface area contributed by atoms with Crippen LogP contribution >= 0.6 is 11.3 Å². The third kappa shape index (κ3) is 7.14. The van der Waals surface area contributed by atoms with Crippen molar-refractivity contribution in [3.8, 4) is 0 Å². The quantitative estimate of drug-likeness (QED) is 0.159. The summed E-state index contributed by atoms with van der Waals surface area (Å²) in [7, 11) is 0. The van der Waals surface area contributed by atoms with E-state index >= 15 is 0 Å². The van der Waals surface area contributed by atoms with Crippen molar-refractivity contribution in [3.05, 3.63) is 179 Å². The Kier molecular flexibility index (Phi) is 9.90. The maximum absolute atomic E-state index is 2.68. The highest BCUT2D eigenvalue weighted by Crippen LogP contribution is 2.53. The van der Waals surface area contributed by atoms with Gasteiger partial charge in [0, 0.05) is 54.7 Å². The zero-order valence-corrected chi connectivity index (χ0v) is 42.4. The van der Waals surface area contributed by atoms with Crippen molar-refractivity contribution < 1.29 is 0 Å². The van der Waals surface area contributed by atoms with Crippen LogP contribution in [0.15, 0.2) is 146 Å². The van der Waals surface area contributed by atoms with E-state index in [1.165, 1.54) is 99.7 Å². The third-order valence-electron chi connectivity index (χ3n) is 15.2. The molecule has 0 atom stereocenters. The number of anilines is 9. The Morgan fingerprint density at radius 2 is 1.10 bits per heavy atom. The van der Waals surface area contributed by atoms with Crippen LogP contribution in [0, 0.1) is 13.8 Å². The zero-order chi connectivity index (χ0) is 46.9. The molecule has 1 aromatic heterocycles. The van der Waals surface area contributed by atoms with Crippen LogP contribution in [0.1, 0.15) is 115 Å². The molecule has 0 unspecified atom stereocenters. The first-order valence-electron chi connectivity index (χ1n) is 24.4. The van der Waals surface area contributed by atoms with Crippen LogP contribution in [-0.2, 0) is 21.7 Å². The van der Waals surface area contributed by atoms with E-state index in [1.54, 1.807) is 0 Å². The van der Waals surface area contributed by atoms with Crippen molar-refractivity contribution in [1.29, 1.82) is 0 Å². The van der Waals surface area contributed by atoms with Gasteiger partial charge in [-0.15, -0.1) is 11.3 Å². The Morgan fingerprint density at radius 3 is 1.70 bits per heavy atom. The van der Waals surface area contributed by atoms with Gasteiger partial charge in [-0.25, -0.2) is 0 Å². The molecule has 3 nitrogen and oxygen atoms in total. The fourth-order valence-corrected chi connectivity index (χ4v) is 12.8. The molecular formula is C62H64BN3S. The standard InChI is InChI=1S/C62H64BN3S/c1-39-23-28-48-55(33-39)67-58-57(48)66(45-26-24-41(25-27-45)59(3,4)5)54-36-47(64(43-19-15-13-16-20-43)44-21-17-14-18-22-44)35-53-56(54)63(58)51-37-49-50(62(11,12)30-29-61(49,9)10)38-52(51)65(53)46-32-40(2)31-42(34-46)60(6,7)8/h13-28,31-38H,29-30H2,1-12H3. The maximum Gasteiger partial charge on any atom is 0.264 e. The Labute approximate surface area is 404 Å². The van der Waals surface area contributed by atoms with Crippen LogP contribution in [-0.4, -0.2) is 6.71 Å². The van der Waals surface area contributed by atoms with Crippen LogP contribution in [0.25, 0.3) is 10.1 Å². The van der Waals surface area contributed by atoms with E-state index in [9.17, 15) is 0 Å². The summed E-state index contributed by atoms with van der Waals surface area (Å²) in [5.41, 5.74) is 21.8. The SMILES string of the molecule is Cc1cc(N2c3cc4c(cc3B3c5sc6cc(C)ccc6c5N(c5ccc(C(C)(C)C)cc5)c5cc(N(c6ccccc6)c6ccccc6)cc2c53)C(C)(C)CCC4(C)C)cc(C(C)(C)C)c1. The minimum Gasteiger partial charge on any atom is -0.311 e. The highest BCUT2D eigenvalue weighted by atomic mass is 32.1. The molecule has 8 aromatic rings. The molecule has 7 aromatic carbocycles. The van der Waals surface area contributed by atoms with Crippen LogP contribution in [0.2, 0.25) is 0 Å². The molecule has 0 N–H and O–H groups in total. The second-order valence-electron chi connectivity index (χ2n) is 23.2. The number of hydrogen-bond donors (Lipinski definition) is 0. The first-order valence-corrected chi connectivity index (χ1v) is 25.2. The molecule has 0 fully saturated rings. The van der Waals surface area contributed by atoms with Crippen LogP contribution < -0.4 is 30.4 Å². The zero-order valence-electron chi connectivity index (χ0n) is 41.6. The first-order chi connectivity index (χ1) is 31.8. The fraction of sp³-hybridized carbons (Fsp3) is 0.290. The lowest BCUT2D eigenvalue weighted by Crippen LogP contribution is -2.61. The Hall–Kier alpha value is -6.04. The average molecular weight is 894 g/mol. The number of fused-ring (bicyclic) bond motifs is 7. The molecular weight excluding hydrogens is 830 g/mol. The number of hydrogen-bond acceptors (Lipinski definition) is 4. The van der Waals surface area contributed by atoms with Gasteiger partial charge in [-0.3, -0.25) is 0 Å². The van der Waals surface area contributed by atoms with Crippen molar-refractivity contribution in [2.75, 3.05) is 14.7 Å². The highest BCUT2D eigenvalue weighted by molar-refractivity contribution is 7.33. The van der Waals surface area contributed by atoms with E-state index in [1.807, 2.05) is 11.3 Å². The number of benzene rings is 7. The summed E-state index contributed by atoms with van der Waals surface area (Å²) in [4.78, 5) is 7.76. The van der Waals surface area contributed by atoms with E-state index in [-0.39, 0.29) is 28.4 Å². The molecule has 67 heavy (non-hydrogen) atoms. The predicted molar refractivity (Wildman–Crippen MR) is 293 cm³/mol. The van der Waals surface area contributed by atoms with E-state index < -0.39 is 0 Å². The van der Waals surface area contributed by atoms with Crippen LogP contribution in [0.3, 0.4) is 0 Å². The van der Waals surface area contributed by atoms with Gasteiger partial charge in [-0.2, -0.15) is 0 Å². The Bertz CT molecular complexity index is 3200. The van der Waals surface area contributed by atoms with Gasteiger partial charge in [-0.1, -0.05) is 142 Å². The van der Waals surface area contributed by atoms with Gasteiger partial charge in [-0.05, 0) is 165 Å². The van der Waals surface area contributed by atoms with Crippen molar-refractivity contribution in [3.63, 3.8) is 0 Å². The number of rotatable bonds is 5. The van der Waals surface area contributed by atoms with E-state index in [4.69, 9.17) is 0 Å². The molecule has 0 radical (unpaired) electrons. The minimum absolute atomic E-state index is 0.0167. The van der Waals surface area contributed by atoms with Gasteiger partial charge in [0.15, 0.2) is 0 Å². The van der Waals surface area contributed by atoms with E-state index in [0.717, 1.165) is 23.5 Å². The van der Waals surface area contributed by atoms with E-state index in [2.05, 4.69) is 243 Å². The average Bonchev–Trinajstić information content (AvgIpc) is 3.65. The molecule has 0 spiro atoms. The summed E-state index contributed by atoms with van der Waals surface area (Å²) in [6, 6.07) is 56.1. The largest absolute Gasteiger partial charge is 0.311 e. The second-order valence-corrected chi connectivity index (χ2v) is 24.2. The smallest absolute Gasteiger partial charge is 0.264 e. The molecule has 3 heterocycles. The molecule has 3 aliphatic rings. The van der Waals surface area contributed by atoms with Gasteiger partial charge in [0.1, 0.15) is 0 Å². The van der Waals surface area contributed by atoms with Gasteiger partial charge in [0.25, 0.3) is 6.71 Å². The summed E-state index contributed by atoms with van der Waals surface area (Å²) in [6.45, 7) is 28.4. The Morgan fingerprint density at radius 1 is 0.522 bits per heavy atom. The molecule has 0 saturated carbocycles. The highest BCUT2D eigenvalue weighted by Gasteiger charge is 2.48. The number of nitrogens with zero attached hydrogens (tertiary/aromatic N) is 3. The number of para-hydroxylation sites is 2. The summed E-state index contributed by atoms with van der Waals surface area (Å²) in [5, 5.41) is 1.31. The molecule has 0 bridgehead atoms. The van der Waals surface area contributed by atoms with Gasteiger partial charge >= 0.3 is 0 Å². The normalized spacial score (nSPS) is 15.8. The molecule has 0 saturated heterocycles. The van der Waals surface area contributed by atoms with Crippen molar-refractivity contribution in [1.82, 2.24) is 0 Å². The van der Waals surface area contributed by atoms with Gasteiger partial charge in [0.05, 0.1) is 11.4 Å². The predicted octanol–water partition coefficient (Wildman–Crippen LogP) is 16.0. The van der Waals surface area contributed by atoms with Gasteiger partial charge in [0.2, 0.25) is 0 Å². The van der Waals surface area contributed by atoms with Crippen molar-refractivity contribution in [2.24, 2.45) is 0 Å².